The van der Waals surface area contributed by atoms with Gasteiger partial charge in [0.05, 0.1) is 11.4 Å². The minimum absolute atomic E-state index is 0.292. The minimum atomic E-state index is 0.292. The average Bonchev–Trinajstić information content (AvgIpc) is 2.33. The molecular weight excluding hydrogens is 128 g/mol. The van der Waals surface area contributed by atoms with E-state index in [1.54, 1.807) is 0 Å². The number of nitrogens with two attached hydrogens (primary N) is 1. The standard InChI is InChI=1S/C6H8N4/c7-6-8-4-2-1-3-5(4)9-10-6/h1-3H2,(H2,7,8,10). The highest BCUT2D eigenvalue weighted by atomic mass is 15.2. The molecule has 2 rings (SSSR count). The van der Waals surface area contributed by atoms with Crippen molar-refractivity contribution in [1.29, 1.82) is 0 Å². The van der Waals surface area contributed by atoms with Gasteiger partial charge in [0.2, 0.25) is 5.95 Å². The summed E-state index contributed by atoms with van der Waals surface area (Å²) in [6.07, 6.45) is 3.16. The first-order valence-corrected chi connectivity index (χ1v) is 3.34. The van der Waals surface area contributed by atoms with Crippen LogP contribution < -0.4 is 5.73 Å². The Labute approximate surface area is 58.5 Å². The summed E-state index contributed by atoms with van der Waals surface area (Å²) in [4.78, 5) is 4.06. The van der Waals surface area contributed by atoms with Gasteiger partial charge in [-0.3, -0.25) is 0 Å². The summed E-state index contributed by atoms with van der Waals surface area (Å²) in [6, 6.07) is 0. The first-order chi connectivity index (χ1) is 4.86. The van der Waals surface area contributed by atoms with Gasteiger partial charge < -0.3 is 5.73 Å². The normalized spacial score (nSPS) is 15.2. The van der Waals surface area contributed by atoms with E-state index in [1.165, 1.54) is 0 Å². The Morgan fingerprint density at radius 3 is 2.80 bits per heavy atom. The molecule has 0 aromatic carbocycles. The van der Waals surface area contributed by atoms with Crippen LogP contribution in [-0.4, -0.2) is 15.2 Å². The Kier molecular flexibility index (Phi) is 1.06. The maximum Gasteiger partial charge on any atom is 0.240 e. The van der Waals surface area contributed by atoms with Gasteiger partial charge in [0.25, 0.3) is 0 Å². The maximum absolute atomic E-state index is 5.35. The van der Waals surface area contributed by atoms with Crippen LogP contribution >= 0.6 is 0 Å². The molecule has 0 amide bonds. The van der Waals surface area contributed by atoms with Gasteiger partial charge in [0.15, 0.2) is 0 Å². The van der Waals surface area contributed by atoms with Gasteiger partial charge in [-0.05, 0) is 19.3 Å². The second-order valence-corrected chi connectivity index (χ2v) is 2.42. The van der Waals surface area contributed by atoms with Crippen LogP contribution in [0.1, 0.15) is 17.8 Å². The number of hydrogen-bond donors (Lipinski definition) is 1. The zero-order valence-corrected chi connectivity index (χ0v) is 5.54. The molecule has 0 bridgehead atoms. The lowest BCUT2D eigenvalue weighted by Crippen LogP contribution is -2.01. The molecule has 0 unspecified atom stereocenters. The van der Waals surface area contributed by atoms with E-state index in [4.69, 9.17) is 5.73 Å². The zero-order chi connectivity index (χ0) is 6.97. The van der Waals surface area contributed by atoms with E-state index in [0.29, 0.717) is 5.95 Å². The predicted molar refractivity (Wildman–Crippen MR) is 36.3 cm³/mol. The molecule has 1 aliphatic carbocycles. The number of nitrogen functional groups attached to an aromatic ring is 1. The maximum atomic E-state index is 5.35. The molecule has 4 nitrogen and oxygen atoms in total. The lowest BCUT2D eigenvalue weighted by atomic mass is 10.4. The third-order valence-corrected chi connectivity index (χ3v) is 1.68. The number of aryl methyl sites for hydroxylation is 2. The molecule has 4 heteroatoms. The SMILES string of the molecule is Nc1nnc2c(n1)CCC2. The fourth-order valence-corrected chi connectivity index (χ4v) is 1.21. The molecule has 0 atom stereocenters. The number of hydrogen-bond acceptors (Lipinski definition) is 4. The fourth-order valence-electron chi connectivity index (χ4n) is 1.21. The zero-order valence-electron chi connectivity index (χ0n) is 5.54. The van der Waals surface area contributed by atoms with Gasteiger partial charge in [0.1, 0.15) is 0 Å². The van der Waals surface area contributed by atoms with Gasteiger partial charge >= 0.3 is 0 Å². The number of nitrogens with zero attached hydrogens (tertiary/aromatic N) is 3. The number of fused-ring (bicyclic) bond motifs is 1. The number of anilines is 1. The monoisotopic (exact) mass is 136 g/mol. The van der Waals surface area contributed by atoms with Crippen LogP contribution in [0.15, 0.2) is 0 Å². The van der Waals surface area contributed by atoms with E-state index in [2.05, 4.69) is 15.2 Å². The summed E-state index contributed by atoms with van der Waals surface area (Å²) in [7, 11) is 0. The van der Waals surface area contributed by atoms with E-state index in [0.717, 1.165) is 30.7 Å². The van der Waals surface area contributed by atoms with Gasteiger partial charge in [-0.2, -0.15) is 5.10 Å². The van der Waals surface area contributed by atoms with Crippen LogP contribution in [-0.2, 0) is 12.8 Å². The van der Waals surface area contributed by atoms with Crippen LogP contribution in [0.2, 0.25) is 0 Å². The molecule has 52 valence electrons. The molecule has 1 aliphatic rings. The van der Waals surface area contributed by atoms with Crippen molar-refractivity contribution in [1.82, 2.24) is 15.2 Å². The van der Waals surface area contributed by atoms with Crippen molar-refractivity contribution in [2.75, 3.05) is 5.73 Å². The van der Waals surface area contributed by atoms with Crippen molar-refractivity contribution in [3.63, 3.8) is 0 Å². The van der Waals surface area contributed by atoms with E-state index < -0.39 is 0 Å². The summed E-state index contributed by atoms with van der Waals surface area (Å²) in [5.74, 6) is 0.292. The first kappa shape index (κ1) is 5.58. The minimum Gasteiger partial charge on any atom is -0.366 e. The van der Waals surface area contributed by atoms with Crippen molar-refractivity contribution < 1.29 is 0 Å². The van der Waals surface area contributed by atoms with Gasteiger partial charge in [-0.15, -0.1) is 5.10 Å². The van der Waals surface area contributed by atoms with E-state index >= 15 is 0 Å². The quantitative estimate of drug-likeness (QED) is 0.542. The molecule has 10 heavy (non-hydrogen) atoms. The van der Waals surface area contributed by atoms with Crippen molar-refractivity contribution >= 4 is 5.95 Å². The van der Waals surface area contributed by atoms with Crippen molar-refractivity contribution in [2.45, 2.75) is 19.3 Å². The summed E-state index contributed by atoms with van der Waals surface area (Å²) in [5, 5.41) is 7.59. The Morgan fingerprint density at radius 1 is 1.10 bits per heavy atom. The molecule has 1 aromatic heterocycles. The number of aromatic nitrogens is 3. The number of rotatable bonds is 0. The molecule has 0 fully saturated rings. The van der Waals surface area contributed by atoms with E-state index in [1.807, 2.05) is 0 Å². The van der Waals surface area contributed by atoms with Crippen molar-refractivity contribution in [3.05, 3.63) is 11.4 Å². The molecule has 0 aliphatic heterocycles. The molecule has 0 radical (unpaired) electrons. The summed E-state index contributed by atoms with van der Waals surface area (Å²) >= 11 is 0. The second-order valence-electron chi connectivity index (χ2n) is 2.42. The first-order valence-electron chi connectivity index (χ1n) is 3.34. The topological polar surface area (TPSA) is 64.7 Å². The second kappa shape index (κ2) is 1.90. The van der Waals surface area contributed by atoms with E-state index in [-0.39, 0.29) is 0 Å². The molecular formula is C6H8N4. The third kappa shape index (κ3) is 0.725. The molecule has 1 heterocycles. The highest BCUT2D eigenvalue weighted by Crippen LogP contribution is 2.16. The van der Waals surface area contributed by atoms with Gasteiger partial charge in [0, 0.05) is 0 Å². The van der Waals surface area contributed by atoms with Crippen LogP contribution in [0, 0.1) is 0 Å². The van der Waals surface area contributed by atoms with Crippen molar-refractivity contribution in [2.24, 2.45) is 0 Å². The molecule has 2 N–H and O–H groups in total. The smallest absolute Gasteiger partial charge is 0.240 e. The highest BCUT2D eigenvalue weighted by molar-refractivity contribution is 5.22. The average molecular weight is 136 g/mol. The molecule has 0 spiro atoms. The van der Waals surface area contributed by atoms with Crippen LogP contribution in [0.3, 0.4) is 0 Å². The Bertz CT molecular complexity index is 258. The van der Waals surface area contributed by atoms with Crippen LogP contribution in [0.4, 0.5) is 5.95 Å². The lowest BCUT2D eigenvalue weighted by molar-refractivity contribution is 0.879. The molecule has 1 aromatic rings. The van der Waals surface area contributed by atoms with Crippen molar-refractivity contribution in [3.8, 4) is 0 Å². The largest absolute Gasteiger partial charge is 0.366 e. The lowest BCUT2D eigenvalue weighted by Gasteiger charge is -1.94. The van der Waals surface area contributed by atoms with Gasteiger partial charge in [-0.1, -0.05) is 0 Å². The highest BCUT2D eigenvalue weighted by Gasteiger charge is 2.13. The van der Waals surface area contributed by atoms with Gasteiger partial charge in [-0.25, -0.2) is 4.98 Å². The summed E-state index contributed by atoms with van der Waals surface area (Å²) < 4.78 is 0. The summed E-state index contributed by atoms with van der Waals surface area (Å²) in [5.41, 5.74) is 7.40. The fraction of sp³-hybridized carbons (Fsp3) is 0.500. The Balaban J connectivity index is 2.52. The predicted octanol–water partition coefficient (Wildman–Crippen LogP) is -0.0575. The molecule has 0 saturated carbocycles. The third-order valence-electron chi connectivity index (χ3n) is 1.68. The Morgan fingerprint density at radius 2 is 1.90 bits per heavy atom. The van der Waals surface area contributed by atoms with Crippen LogP contribution in [0.5, 0.6) is 0 Å². The van der Waals surface area contributed by atoms with Crippen LogP contribution in [0.25, 0.3) is 0 Å². The Hall–Kier alpha value is -1.19. The summed E-state index contributed by atoms with van der Waals surface area (Å²) in [6.45, 7) is 0. The van der Waals surface area contributed by atoms with E-state index in [9.17, 15) is 0 Å². The molecule has 0 saturated heterocycles.